The Morgan fingerprint density at radius 3 is 2.36 bits per heavy atom. The molecule has 0 saturated carbocycles. The molecule has 0 aliphatic heterocycles. The molecule has 0 unspecified atom stereocenters. The van der Waals surface area contributed by atoms with Gasteiger partial charge >= 0.3 is 5.69 Å². The van der Waals surface area contributed by atoms with Crippen molar-refractivity contribution in [3.63, 3.8) is 0 Å². The fourth-order valence-corrected chi connectivity index (χ4v) is 2.93. The van der Waals surface area contributed by atoms with Crippen LogP contribution in [0.1, 0.15) is 15.9 Å². The first-order valence-electron chi connectivity index (χ1n) is 8.29. The van der Waals surface area contributed by atoms with Crippen molar-refractivity contribution in [1.82, 2.24) is 0 Å². The Kier molecular flexibility index (Phi) is 5.26. The molecule has 1 N–H and O–H groups in total. The van der Waals surface area contributed by atoms with Crippen LogP contribution in [0.2, 0.25) is 0 Å². The molecule has 0 aliphatic rings. The molecule has 28 heavy (non-hydrogen) atoms. The highest BCUT2D eigenvalue weighted by Gasteiger charge is 2.19. The summed E-state index contributed by atoms with van der Waals surface area (Å²) < 4.78 is 10.3. The van der Waals surface area contributed by atoms with Crippen LogP contribution in [0.5, 0.6) is 17.2 Å². The highest BCUT2D eigenvalue weighted by Crippen LogP contribution is 2.37. The van der Waals surface area contributed by atoms with Crippen LogP contribution < -0.4 is 9.47 Å². The number of carbonyl (C=O) groups excluding carboxylic acids is 1. The zero-order valence-electron chi connectivity index (χ0n) is 15.2. The third-order valence-corrected chi connectivity index (χ3v) is 4.29. The molecule has 0 fully saturated rings. The first-order valence-corrected chi connectivity index (χ1v) is 8.29. The summed E-state index contributed by atoms with van der Waals surface area (Å²) in [6.45, 7) is 0. The van der Waals surface area contributed by atoms with Crippen LogP contribution in [0.3, 0.4) is 0 Å². The quantitative estimate of drug-likeness (QED) is 0.296. The normalized spacial score (nSPS) is 10.9. The predicted octanol–water partition coefficient (Wildman–Crippen LogP) is 4.37. The molecule has 3 aromatic carbocycles. The summed E-state index contributed by atoms with van der Waals surface area (Å²) in [5.74, 6) is -0.211. The number of carbonyl (C=O) groups is 1. The van der Waals surface area contributed by atoms with Crippen LogP contribution >= 0.6 is 0 Å². The number of hydrogen-bond acceptors (Lipinski definition) is 6. The van der Waals surface area contributed by atoms with Crippen molar-refractivity contribution < 1.29 is 24.3 Å². The second-order valence-electron chi connectivity index (χ2n) is 5.91. The number of phenolic OH excluding ortho intramolecular Hbond substituents is 1. The van der Waals surface area contributed by atoms with Gasteiger partial charge in [-0.05, 0) is 35.2 Å². The van der Waals surface area contributed by atoms with Crippen molar-refractivity contribution in [1.29, 1.82) is 0 Å². The second kappa shape index (κ2) is 7.79. The molecular weight excluding hydrogens is 362 g/mol. The first kappa shape index (κ1) is 18.9. The Labute approximate surface area is 160 Å². The summed E-state index contributed by atoms with van der Waals surface area (Å²) in [7, 11) is 2.86. The average molecular weight is 379 g/mol. The molecule has 3 aromatic rings. The van der Waals surface area contributed by atoms with E-state index in [0.717, 1.165) is 10.8 Å². The third kappa shape index (κ3) is 3.50. The van der Waals surface area contributed by atoms with E-state index >= 15 is 0 Å². The zero-order valence-corrected chi connectivity index (χ0v) is 15.2. The van der Waals surface area contributed by atoms with Crippen LogP contribution in [0.4, 0.5) is 5.69 Å². The molecule has 0 radical (unpaired) electrons. The smallest absolute Gasteiger partial charge is 0.315 e. The molecule has 0 aromatic heterocycles. The Balaban J connectivity index is 2.00. The number of ether oxygens (including phenoxy) is 2. The first-order chi connectivity index (χ1) is 13.5. The fraction of sp³-hybridized carbons (Fsp3) is 0.0952. The van der Waals surface area contributed by atoms with Crippen LogP contribution in [-0.4, -0.2) is 30.0 Å². The van der Waals surface area contributed by atoms with E-state index in [1.807, 2.05) is 24.3 Å². The van der Waals surface area contributed by atoms with E-state index in [4.69, 9.17) is 9.47 Å². The van der Waals surface area contributed by atoms with Gasteiger partial charge < -0.3 is 14.6 Å². The van der Waals surface area contributed by atoms with Gasteiger partial charge in [0.1, 0.15) is 5.75 Å². The largest absolute Gasteiger partial charge is 0.500 e. The van der Waals surface area contributed by atoms with E-state index in [0.29, 0.717) is 16.9 Å². The van der Waals surface area contributed by atoms with E-state index < -0.39 is 16.4 Å². The number of methoxy groups -OCH3 is 2. The number of allylic oxidation sites excluding steroid dienone is 1. The second-order valence-corrected chi connectivity index (χ2v) is 5.91. The number of phenols is 1. The van der Waals surface area contributed by atoms with Gasteiger partial charge in [-0.3, -0.25) is 14.9 Å². The van der Waals surface area contributed by atoms with E-state index in [1.54, 1.807) is 19.2 Å². The Bertz CT molecular complexity index is 1100. The molecule has 7 heteroatoms. The lowest BCUT2D eigenvalue weighted by Gasteiger charge is -2.08. The topological polar surface area (TPSA) is 98.9 Å². The minimum atomic E-state index is -0.714. The third-order valence-electron chi connectivity index (χ3n) is 4.29. The fourth-order valence-electron chi connectivity index (χ4n) is 2.93. The maximum atomic E-state index is 12.7. The SMILES string of the molecule is COc1cc(/C=C/C(=O)c2ccc(OC)c3ccccc23)cc([N+](=O)[O-])c1O. The Morgan fingerprint density at radius 2 is 1.71 bits per heavy atom. The number of fused-ring (bicyclic) bond motifs is 1. The van der Waals surface area contributed by atoms with Crippen LogP contribution in [0.25, 0.3) is 16.8 Å². The van der Waals surface area contributed by atoms with Crippen molar-refractivity contribution in [2.45, 2.75) is 0 Å². The summed E-state index contributed by atoms with van der Waals surface area (Å²) in [5, 5.41) is 22.5. The van der Waals surface area contributed by atoms with Crippen molar-refractivity contribution in [3.05, 3.63) is 75.8 Å². The molecule has 0 atom stereocenters. The number of hydrogen-bond donors (Lipinski definition) is 1. The summed E-state index contributed by atoms with van der Waals surface area (Å²) in [6.07, 6.45) is 2.76. The van der Waals surface area contributed by atoms with Crippen molar-refractivity contribution in [2.24, 2.45) is 0 Å². The van der Waals surface area contributed by atoms with Gasteiger partial charge in [0, 0.05) is 17.0 Å². The molecule has 0 bridgehead atoms. The van der Waals surface area contributed by atoms with Crippen molar-refractivity contribution in [2.75, 3.05) is 14.2 Å². The Hall–Kier alpha value is -3.87. The van der Waals surface area contributed by atoms with Gasteiger partial charge in [-0.15, -0.1) is 0 Å². The molecule has 0 heterocycles. The summed E-state index contributed by atoms with van der Waals surface area (Å²) in [5.41, 5.74) is 0.335. The highest BCUT2D eigenvalue weighted by atomic mass is 16.6. The van der Waals surface area contributed by atoms with E-state index in [2.05, 4.69) is 0 Å². The average Bonchev–Trinajstić information content (AvgIpc) is 2.71. The van der Waals surface area contributed by atoms with Gasteiger partial charge in [-0.1, -0.05) is 30.3 Å². The molecule has 0 amide bonds. The number of benzene rings is 3. The molecule has 7 nitrogen and oxygen atoms in total. The number of aromatic hydroxyl groups is 1. The maximum Gasteiger partial charge on any atom is 0.315 e. The monoisotopic (exact) mass is 379 g/mol. The van der Waals surface area contributed by atoms with Gasteiger partial charge in [0.2, 0.25) is 5.75 Å². The molecular formula is C21H17NO6. The number of ketones is 1. The molecule has 3 rings (SSSR count). The van der Waals surface area contributed by atoms with Crippen LogP contribution in [-0.2, 0) is 0 Å². The predicted molar refractivity (Wildman–Crippen MR) is 105 cm³/mol. The summed E-state index contributed by atoms with van der Waals surface area (Å²) in [6, 6.07) is 13.4. The van der Waals surface area contributed by atoms with Crippen LogP contribution in [0.15, 0.2) is 54.6 Å². The lowest BCUT2D eigenvalue weighted by Crippen LogP contribution is -1.97. The van der Waals surface area contributed by atoms with E-state index in [1.165, 1.54) is 31.4 Å². The van der Waals surface area contributed by atoms with Crippen LogP contribution in [0, 0.1) is 10.1 Å². The lowest BCUT2D eigenvalue weighted by molar-refractivity contribution is -0.386. The lowest BCUT2D eigenvalue weighted by atomic mass is 10.00. The number of nitrogens with zero attached hydrogens (tertiary/aromatic N) is 1. The van der Waals surface area contributed by atoms with Gasteiger partial charge in [-0.2, -0.15) is 0 Å². The number of nitro groups is 1. The van der Waals surface area contributed by atoms with Gasteiger partial charge in [0.15, 0.2) is 11.5 Å². The minimum Gasteiger partial charge on any atom is -0.500 e. The molecule has 0 spiro atoms. The Morgan fingerprint density at radius 1 is 1.04 bits per heavy atom. The maximum absolute atomic E-state index is 12.7. The molecule has 0 saturated heterocycles. The van der Waals surface area contributed by atoms with Gasteiger partial charge in [-0.25, -0.2) is 0 Å². The number of nitro benzene ring substituents is 1. The zero-order chi connectivity index (χ0) is 20.3. The van der Waals surface area contributed by atoms with E-state index in [9.17, 15) is 20.0 Å². The van der Waals surface area contributed by atoms with Crippen molar-refractivity contribution in [3.8, 4) is 17.2 Å². The summed E-state index contributed by atoms with van der Waals surface area (Å²) in [4.78, 5) is 23.1. The molecule has 0 aliphatic carbocycles. The number of rotatable bonds is 6. The van der Waals surface area contributed by atoms with Gasteiger partial charge in [0.25, 0.3) is 0 Å². The molecule has 142 valence electrons. The van der Waals surface area contributed by atoms with Crippen molar-refractivity contribution >= 4 is 28.3 Å². The standard InChI is InChI=1S/C21H17NO6/c1-27-19-10-8-15(14-5-3-4-6-16(14)19)18(23)9-7-13-11-17(22(25)26)21(24)20(12-13)28-2/h3-12,24H,1-2H3/b9-7+. The highest BCUT2D eigenvalue weighted by molar-refractivity contribution is 6.15. The summed E-state index contributed by atoms with van der Waals surface area (Å²) >= 11 is 0. The van der Waals surface area contributed by atoms with Gasteiger partial charge in [0.05, 0.1) is 19.1 Å². The minimum absolute atomic E-state index is 0.0452. The van der Waals surface area contributed by atoms with E-state index in [-0.39, 0.29) is 11.5 Å².